The van der Waals surface area contributed by atoms with Crippen LogP contribution in [0.15, 0.2) is 63.9 Å². The molecule has 0 spiro atoms. The third-order valence-corrected chi connectivity index (χ3v) is 4.59. The highest BCUT2D eigenvalue weighted by atomic mass is 79.9. The Labute approximate surface area is 141 Å². The SMILES string of the molecule is O=C(NCc1ccnc(-c2ccsc2)c1)c1ccccc1Br. The van der Waals surface area contributed by atoms with Crippen molar-refractivity contribution in [2.24, 2.45) is 0 Å². The number of carbonyl (C=O) groups is 1. The summed E-state index contributed by atoms with van der Waals surface area (Å²) >= 11 is 5.03. The molecule has 2 aromatic heterocycles. The molecule has 3 nitrogen and oxygen atoms in total. The molecular formula is C17H13BrN2OS. The Hall–Kier alpha value is -1.98. The summed E-state index contributed by atoms with van der Waals surface area (Å²) in [5, 5.41) is 7.02. The molecule has 5 heteroatoms. The van der Waals surface area contributed by atoms with Crippen molar-refractivity contribution >= 4 is 33.2 Å². The number of amides is 1. The molecule has 22 heavy (non-hydrogen) atoms. The minimum absolute atomic E-state index is 0.0960. The standard InChI is InChI=1S/C17H13BrN2OS/c18-15-4-2-1-3-14(15)17(21)20-10-12-5-7-19-16(9-12)13-6-8-22-11-13/h1-9,11H,10H2,(H,20,21). The van der Waals surface area contributed by atoms with Gasteiger partial charge in [-0.2, -0.15) is 11.3 Å². The maximum absolute atomic E-state index is 12.2. The van der Waals surface area contributed by atoms with E-state index >= 15 is 0 Å². The van der Waals surface area contributed by atoms with Gasteiger partial charge in [-0.3, -0.25) is 9.78 Å². The van der Waals surface area contributed by atoms with E-state index in [4.69, 9.17) is 0 Å². The number of benzene rings is 1. The molecule has 0 unspecified atom stereocenters. The lowest BCUT2D eigenvalue weighted by Crippen LogP contribution is -2.23. The van der Waals surface area contributed by atoms with Crippen molar-refractivity contribution in [3.8, 4) is 11.3 Å². The minimum Gasteiger partial charge on any atom is -0.348 e. The quantitative estimate of drug-likeness (QED) is 0.732. The zero-order valence-corrected chi connectivity index (χ0v) is 14.0. The fourth-order valence-corrected chi connectivity index (χ4v) is 3.19. The lowest BCUT2D eigenvalue weighted by molar-refractivity contribution is 0.0950. The van der Waals surface area contributed by atoms with Crippen LogP contribution in [0, 0.1) is 0 Å². The molecule has 1 aromatic carbocycles. The number of hydrogen-bond acceptors (Lipinski definition) is 3. The van der Waals surface area contributed by atoms with Gasteiger partial charge in [-0.05, 0) is 57.2 Å². The van der Waals surface area contributed by atoms with E-state index < -0.39 is 0 Å². The monoisotopic (exact) mass is 372 g/mol. The molecule has 0 saturated carbocycles. The fourth-order valence-electron chi connectivity index (χ4n) is 2.08. The highest BCUT2D eigenvalue weighted by Crippen LogP contribution is 2.21. The molecule has 0 atom stereocenters. The summed E-state index contributed by atoms with van der Waals surface area (Å²) in [7, 11) is 0. The smallest absolute Gasteiger partial charge is 0.252 e. The molecule has 0 bridgehead atoms. The van der Waals surface area contributed by atoms with E-state index in [0.29, 0.717) is 12.1 Å². The maximum Gasteiger partial charge on any atom is 0.252 e. The number of nitrogens with zero attached hydrogens (tertiary/aromatic N) is 1. The van der Waals surface area contributed by atoms with Crippen LogP contribution in [0.25, 0.3) is 11.3 Å². The van der Waals surface area contributed by atoms with E-state index in [9.17, 15) is 4.79 Å². The number of rotatable bonds is 4. The zero-order valence-electron chi connectivity index (χ0n) is 11.6. The van der Waals surface area contributed by atoms with Crippen molar-refractivity contribution in [1.29, 1.82) is 0 Å². The van der Waals surface area contributed by atoms with Gasteiger partial charge in [0, 0.05) is 28.2 Å². The third kappa shape index (κ3) is 3.43. The first-order valence-corrected chi connectivity index (χ1v) is 8.48. The van der Waals surface area contributed by atoms with E-state index in [1.165, 1.54) is 0 Å². The predicted octanol–water partition coefficient (Wildman–Crippen LogP) is 4.50. The Balaban J connectivity index is 1.71. The first kappa shape index (κ1) is 14.9. The highest BCUT2D eigenvalue weighted by Gasteiger charge is 2.09. The molecule has 0 aliphatic rings. The normalized spacial score (nSPS) is 10.4. The third-order valence-electron chi connectivity index (χ3n) is 3.21. The molecule has 0 radical (unpaired) electrons. The second-order valence-electron chi connectivity index (χ2n) is 4.72. The Bertz CT molecular complexity index is 787. The van der Waals surface area contributed by atoms with Gasteiger partial charge < -0.3 is 5.32 Å². The van der Waals surface area contributed by atoms with E-state index in [0.717, 1.165) is 21.3 Å². The lowest BCUT2D eigenvalue weighted by Gasteiger charge is -2.07. The summed E-state index contributed by atoms with van der Waals surface area (Å²) in [5.41, 5.74) is 3.68. The fraction of sp³-hybridized carbons (Fsp3) is 0.0588. The van der Waals surface area contributed by atoms with Crippen LogP contribution in [-0.4, -0.2) is 10.9 Å². The molecule has 0 fully saturated rings. The van der Waals surface area contributed by atoms with Gasteiger partial charge in [0.1, 0.15) is 0 Å². The number of halogens is 1. The molecule has 110 valence electrons. The summed E-state index contributed by atoms with van der Waals surface area (Å²) in [5.74, 6) is -0.0960. The summed E-state index contributed by atoms with van der Waals surface area (Å²) < 4.78 is 0.793. The van der Waals surface area contributed by atoms with Gasteiger partial charge in [0.25, 0.3) is 5.91 Å². The Morgan fingerprint density at radius 1 is 1.23 bits per heavy atom. The molecular weight excluding hydrogens is 360 g/mol. The summed E-state index contributed by atoms with van der Waals surface area (Å²) in [6.45, 7) is 0.472. The number of thiophene rings is 1. The molecule has 2 heterocycles. The van der Waals surface area contributed by atoms with Crippen LogP contribution in [0.2, 0.25) is 0 Å². The van der Waals surface area contributed by atoms with Gasteiger partial charge in [0.05, 0.1) is 11.3 Å². The molecule has 3 rings (SSSR count). The molecule has 1 N–H and O–H groups in total. The average Bonchev–Trinajstić information content (AvgIpc) is 3.08. The van der Waals surface area contributed by atoms with Crippen LogP contribution in [0.1, 0.15) is 15.9 Å². The van der Waals surface area contributed by atoms with Gasteiger partial charge >= 0.3 is 0 Å². The first-order valence-electron chi connectivity index (χ1n) is 6.74. The van der Waals surface area contributed by atoms with Crippen molar-refractivity contribution in [3.63, 3.8) is 0 Å². The van der Waals surface area contributed by atoms with Crippen molar-refractivity contribution in [2.45, 2.75) is 6.54 Å². The second-order valence-corrected chi connectivity index (χ2v) is 6.36. The molecule has 3 aromatic rings. The van der Waals surface area contributed by atoms with Gasteiger partial charge in [0.2, 0.25) is 0 Å². The second kappa shape index (κ2) is 6.85. The van der Waals surface area contributed by atoms with Crippen LogP contribution in [0.3, 0.4) is 0 Å². The van der Waals surface area contributed by atoms with Gasteiger partial charge in [-0.15, -0.1) is 0 Å². The summed E-state index contributed by atoms with van der Waals surface area (Å²) in [4.78, 5) is 16.6. The van der Waals surface area contributed by atoms with E-state index in [2.05, 4.69) is 31.6 Å². The van der Waals surface area contributed by atoms with Crippen LogP contribution in [0.5, 0.6) is 0 Å². The molecule has 0 aliphatic carbocycles. The van der Waals surface area contributed by atoms with Crippen molar-refractivity contribution in [3.05, 3.63) is 75.0 Å². The van der Waals surface area contributed by atoms with Crippen LogP contribution < -0.4 is 5.32 Å². The summed E-state index contributed by atoms with van der Waals surface area (Å²) in [6, 6.07) is 13.3. The van der Waals surface area contributed by atoms with E-state index in [1.807, 2.05) is 41.8 Å². The Morgan fingerprint density at radius 2 is 2.09 bits per heavy atom. The lowest BCUT2D eigenvalue weighted by atomic mass is 10.1. The topological polar surface area (TPSA) is 42.0 Å². The van der Waals surface area contributed by atoms with Crippen molar-refractivity contribution in [2.75, 3.05) is 0 Å². The van der Waals surface area contributed by atoms with E-state index in [1.54, 1.807) is 23.6 Å². The number of aromatic nitrogens is 1. The number of carbonyl (C=O) groups excluding carboxylic acids is 1. The number of hydrogen-bond donors (Lipinski definition) is 1. The van der Waals surface area contributed by atoms with Crippen molar-refractivity contribution in [1.82, 2.24) is 10.3 Å². The number of nitrogens with one attached hydrogen (secondary N) is 1. The zero-order chi connectivity index (χ0) is 15.4. The molecule has 0 aliphatic heterocycles. The molecule has 0 saturated heterocycles. The minimum atomic E-state index is -0.0960. The van der Waals surface area contributed by atoms with Gasteiger partial charge in [-0.25, -0.2) is 0 Å². The van der Waals surface area contributed by atoms with Gasteiger partial charge in [-0.1, -0.05) is 12.1 Å². The average molecular weight is 373 g/mol. The largest absolute Gasteiger partial charge is 0.348 e. The predicted molar refractivity (Wildman–Crippen MR) is 92.9 cm³/mol. The highest BCUT2D eigenvalue weighted by molar-refractivity contribution is 9.10. The number of pyridine rings is 1. The van der Waals surface area contributed by atoms with Gasteiger partial charge in [0.15, 0.2) is 0 Å². The Morgan fingerprint density at radius 3 is 2.86 bits per heavy atom. The first-order chi connectivity index (χ1) is 10.7. The van der Waals surface area contributed by atoms with Crippen LogP contribution in [0.4, 0.5) is 0 Å². The Kier molecular flexibility index (Phi) is 4.65. The maximum atomic E-state index is 12.2. The van der Waals surface area contributed by atoms with E-state index in [-0.39, 0.29) is 5.91 Å². The van der Waals surface area contributed by atoms with Crippen LogP contribution >= 0.6 is 27.3 Å². The van der Waals surface area contributed by atoms with Crippen molar-refractivity contribution < 1.29 is 4.79 Å². The van der Waals surface area contributed by atoms with Crippen LogP contribution in [-0.2, 0) is 6.54 Å². The summed E-state index contributed by atoms with van der Waals surface area (Å²) in [6.07, 6.45) is 1.77. The molecule has 1 amide bonds.